The molecule has 6 heteroatoms. The predicted molar refractivity (Wildman–Crippen MR) is 93.9 cm³/mol. The SMILES string of the molecule is O=C(NC1CCN(Cc2ccc(Cl)c(Cl)c2)CC1)C1CCNC1. The molecule has 2 aliphatic rings. The molecule has 4 nitrogen and oxygen atoms in total. The third-order valence-electron chi connectivity index (χ3n) is 4.76. The van der Waals surface area contributed by atoms with Crippen LogP contribution in [0.5, 0.6) is 0 Å². The maximum absolute atomic E-state index is 12.2. The zero-order valence-electron chi connectivity index (χ0n) is 13.2. The Morgan fingerprint density at radius 2 is 2.00 bits per heavy atom. The molecule has 1 unspecified atom stereocenters. The average Bonchev–Trinajstić information content (AvgIpc) is 3.07. The van der Waals surface area contributed by atoms with Crippen molar-refractivity contribution in [3.05, 3.63) is 33.8 Å². The molecule has 23 heavy (non-hydrogen) atoms. The van der Waals surface area contributed by atoms with Gasteiger partial charge in [0.05, 0.1) is 16.0 Å². The van der Waals surface area contributed by atoms with Gasteiger partial charge >= 0.3 is 0 Å². The normalized spacial score (nSPS) is 23.1. The molecule has 0 saturated carbocycles. The zero-order valence-corrected chi connectivity index (χ0v) is 14.7. The molecule has 2 heterocycles. The van der Waals surface area contributed by atoms with Crippen molar-refractivity contribution in [1.29, 1.82) is 0 Å². The molecule has 2 aliphatic heterocycles. The van der Waals surface area contributed by atoms with Crippen molar-refractivity contribution in [2.45, 2.75) is 31.8 Å². The number of carbonyl (C=O) groups excluding carboxylic acids is 1. The molecular formula is C17H23Cl2N3O. The van der Waals surface area contributed by atoms with Crippen molar-refractivity contribution < 1.29 is 4.79 Å². The summed E-state index contributed by atoms with van der Waals surface area (Å²) in [5, 5.41) is 7.67. The highest BCUT2D eigenvalue weighted by atomic mass is 35.5. The Bertz CT molecular complexity index is 553. The molecule has 2 N–H and O–H groups in total. The van der Waals surface area contributed by atoms with Crippen LogP contribution in [0.25, 0.3) is 0 Å². The van der Waals surface area contributed by atoms with E-state index in [2.05, 4.69) is 15.5 Å². The summed E-state index contributed by atoms with van der Waals surface area (Å²) in [6.07, 6.45) is 2.97. The van der Waals surface area contributed by atoms with Gasteiger partial charge in [0.1, 0.15) is 0 Å². The summed E-state index contributed by atoms with van der Waals surface area (Å²) in [4.78, 5) is 14.6. The lowest BCUT2D eigenvalue weighted by Crippen LogP contribution is -2.46. The smallest absolute Gasteiger partial charge is 0.224 e. The fourth-order valence-corrected chi connectivity index (χ4v) is 3.65. The highest BCUT2D eigenvalue weighted by Gasteiger charge is 2.26. The molecule has 0 spiro atoms. The largest absolute Gasteiger partial charge is 0.353 e. The lowest BCUT2D eigenvalue weighted by Gasteiger charge is -2.32. The average molecular weight is 356 g/mol. The van der Waals surface area contributed by atoms with E-state index < -0.39 is 0 Å². The van der Waals surface area contributed by atoms with Gasteiger partial charge < -0.3 is 10.6 Å². The summed E-state index contributed by atoms with van der Waals surface area (Å²) in [6.45, 7) is 4.65. The molecule has 126 valence electrons. The first kappa shape index (κ1) is 17.0. The first-order chi connectivity index (χ1) is 11.1. The summed E-state index contributed by atoms with van der Waals surface area (Å²) >= 11 is 12.0. The van der Waals surface area contributed by atoms with Crippen molar-refractivity contribution in [3.8, 4) is 0 Å². The van der Waals surface area contributed by atoms with E-state index in [1.165, 1.54) is 5.56 Å². The summed E-state index contributed by atoms with van der Waals surface area (Å²) < 4.78 is 0. The van der Waals surface area contributed by atoms with Gasteiger partial charge in [0, 0.05) is 32.2 Å². The minimum absolute atomic E-state index is 0.157. The van der Waals surface area contributed by atoms with Gasteiger partial charge in [-0.2, -0.15) is 0 Å². The lowest BCUT2D eigenvalue weighted by atomic mass is 10.0. The van der Waals surface area contributed by atoms with Crippen LogP contribution < -0.4 is 10.6 Å². The lowest BCUT2D eigenvalue weighted by molar-refractivity contribution is -0.125. The highest BCUT2D eigenvalue weighted by Crippen LogP contribution is 2.24. The first-order valence-electron chi connectivity index (χ1n) is 8.29. The summed E-state index contributed by atoms with van der Waals surface area (Å²) in [6, 6.07) is 6.12. The van der Waals surface area contributed by atoms with E-state index in [0.29, 0.717) is 16.1 Å². The van der Waals surface area contributed by atoms with Crippen LogP contribution in [0.15, 0.2) is 18.2 Å². The number of nitrogens with one attached hydrogen (secondary N) is 2. The van der Waals surface area contributed by atoms with Crippen LogP contribution in [0, 0.1) is 5.92 Å². The fraction of sp³-hybridized carbons (Fsp3) is 0.588. The molecule has 1 aromatic carbocycles. The Labute approximate surface area is 147 Å². The summed E-state index contributed by atoms with van der Waals surface area (Å²) in [7, 11) is 0. The van der Waals surface area contributed by atoms with Gasteiger partial charge in [-0.25, -0.2) is 0 Å². The maximum Gasteiger partial charge on any atom is 0.224 e. The van der Waals surface area contributed by atoms with Crippen LogP contribution in [0.1, 0.15) is 24.8 Å². The molecule has 1 amide bonds. The minimum Gasteiger partial charge on any atom is -0.353 e. The van der Waals surface area contributed by atoms with Gasteiger partial charge in [-0.3, -0.25) is 9.69 Å². The van der Waals surface area contributed by atoms with Crippen molar-refractivity contribution in [2.24, 2.45) is 5.92 Å². The second-order valence-corrected chi connectivity index (χ2v) is 7.31. The number of likely N-dealkylation sites (tertiary alicyclic amines) is 1. The van der Waals surface area contributed by atoms with E-state index in [9.17, 15) is 4.79 Å². The molecule has 0 bridgehead atoms. The number of halogens is 2. The van der Waals surface area contributed by atoms with Crippen LogP contribution in [0.4, 0.5) is 0 Å². The Morgan fingerprint density at radius 1 is 1.22 bits per heavy atom. The number of hydrogen-bond acceptors (Lipinski definition) is 3. The third-order valence-corrected chi connectivity index (χ3v) is 5.49. The second kappa shape index (κ2) is 7.84. The van der Waals surface area contributed by atoms with E-state index in [1.54, 1.807) is 0 Å². The van der Waals surface area contributed by atoms with Gasteiger partial charge in [0.2, 0.25) is 5.91 Å². The van der Waals surface area contributed by atoms with E-state index in [1.807, 2.05) is 18.2 Å². The Hall–Kier alpha value is -0.810. The number of amides is 1. The fourth-order valence-electron chi connectivity index (χ4n) is 3.33. The molecule has 0 aromatic heterocycles. The van der Waals surface area contributed by atoms with Crippen molar-refractivity contribution in [3.63, 3.8) is 0 Å². The van der Waals surface area contributed by atoms with E-state index >= 15 is 0 Å². The van der Waals surface area contributed by atoms with Crippen molar-refractivity contribution in [1.82, 2.24) is 15.5 Å². The number of piperidine rings is 1. The molecule has 2 saturated heterocycles. The molecule has 1 atom stereocenters. The highest BCUT2D eigenvalue weighted by molar-refractivity contribution is 6.42. The molecule has 2 fully saturated rings. The van der Waals surface area contributed by atoms with Crippen LogP contribution in [0.2, 0.25) is 10.0 Å². The van der Waals surface area contributed by atoms with Gasteiger partial charge in [0.25, 0.3) is 0 Å². The molecular weight excluding hydrogens is 333 g/mol. The Kier molecular flexibility index (Phi) is 5.81. The quantitative estimate of drug-likeness (QED) is 0.872. The summed E-state index contributed by atoms with van der Waals surface area (Å²) in [5.74, 6) is 0.377. The maximum atomic E-state index is 12.2. The van der Waals surface area contributed by atoms with Crippen LogP contribution in [0.3, 0.4) is 0 Å². The second-order valence-electron chi connectivity index (χ2n) is 6.50. The van der Waals surface area contributed by atoms with Crippen molar-refractivity contribution in [2.75, 3.05) is 26.2 Å². The number of nitrogens with zero attached hydrogens (tertiary/aromatic N) is 1. The minimum atomic E-state index is 0.157. The predicted octanol–water partition coefficient (Wildman–Crippen LogP) is 2.68. The number of benzene rings is 1. The van der Waals surface area contributed by atoms with Gasteiger partial charge in [-0.1, -0.05) is 29.3 Å². The molecule has 0 radical (unpaired) electrons. The first-order valence-corrected chi connectivity index (χ1v) is 9.05. The standard InChI is InChI=1S/C17H23Cl2N3O/c18-15-2-1-12(9-16(15)19)11-22-7-4-14(5-8-22)21-17(23)13-3-6-20-10-13/h1-2,9,13-14,20H,3-8,10-11H2,(H,21,23). The third kappa shape index (κ3) is 4.60. The van der Waals surface area contributed by atoms with Gasteiger partial charge in [-0.05, 0) is 43.5 Å². The number of carbonyl (C=O) groups is 1. The van der Waals surface area contributed by atoms with Crippen LogP contribution >= 0.6 is 23.2 Å². The van der Waals surface area contributed by atoms with Gasteiger partial charge in [0.15, 0.2) is 0 Å². The topological polar surface area (TPSA) is 44.4 Å². The van der Waals surface area contributed by atoms with Crippen molar-refractivity contribution >= 4 is 29.1 Å². The molecule has 1 aromatic rings. The number of rotatable bonds is 4. The number of hydrogen-bond donors (Lipinski definition) is 2. The van der Waals surface area contributed by atoms with E-state index in [4.69, 9.17) is 23.2 Å². The zero-order chi connectivity index (χ0) is 16.2. The van der Waals surface area contributed by atoms with E-state index in [-0.39, 0.29) is 11.8 Å². The van der Waals surface area contributed by atoms with Crippen LogP contribution in [-0.4, -0.2) is 43.0 Å². The monoisotopic (exact) mass is 355 g/mol. The van der Waals surface area contributed by atoms with Crippen LogP contribution in [-0.2, 0) is 11.3 Å². The Balaban J connectivity index is 1.44. The molecule has 3 rings (SSSR count). The molecule has 0 aliphatic carbocycles. The van der Waals surface area contributed by atoms with E-state index in [0.717, 1.165) is 52.0 Å². The summed E-state index contributed by atoms with van der Waals surface area (Å²) in [5.41, 5.74) is 1.18. The Morgan fingerprint density at radius 3 is 2.65 bits per heavy atom. The van der Waals surface area contributed by atoms with Gasteiger partial charge in [-0.15, -0.1) is 0 Å².